The molecule has 5 rings (SSSR count). The summed E-state index contributed by atoms with van der Waals surface area (Å²) in [6, 6.07) is 6.66. The van der Waals surface area contributed by atoms with Crippen molar-refractivity contribution >= 4 is 16.7 Å². The molecule has 3 aromatic heterocycles. The molecule has 1 aliphatic heterocycles. The molecule has 0 saturated carbocycles. The Morgan fingerprint density at radius 3 is 2.45 bits per heavy atom. The number of halogens is 4. The predicted octanol–water partition coefficient (Wildman–Crippen LogP) is 5.51. The van der Waals surface area contributed by atoms with Gasteiger partial charge < -0.3 is 4.90 Å². The van der Waals surface area contributed by atoms with Crippen molar-refractivity contribution in [1.29, 1.82) is 0 Å². The number of nitrogens with zero attached hydrogens (tertiary/aromatic N) is 6. The van der Waals surface area contributed by atoms with E-state index in [9.17, 15) is 22.4 Å². The minimum atomic E-state index is -4.72. The zero-order chi connectivity index (χ0) is 27.4. The molecule has 1 aliphatic rings. The van der Waals surface area contributed by atoms with Gasteiger partial charge in [0, 0.05) is 42.6 Å². The van der Waals surface area contributed by atoms with Gasteiger partial charge >= 0.3 is 6.18 Å². The third-order valence-electron chi connectivity index (χ3n) is 6.57. The minimum absolute atomic E-state index is 0.152. The molecule has 1 fully saturated rings. The lowest BCUT2D eigenvalue weighted by molar-refractivity contribution is -0.142. The lowest BCUT2D eigenvalue weighted by atomic mass is 9.89. The van der Waals surface area contributed by atoms with Crippen LogP contribution in [0.3, 0.4) is 0 Å². The summed E-state index contributed by atoms with van der Waals surface area (Å²) in [6.07, 6.45) is 1.36. The van der Waals surface area contributed by atoms with Crippen molar-refractivity contribution in [2.24, 2.45) is 0 Å². The summed E-state index contributed by atoms with van der Waals surface area (Å²) in [5, 5.41) is 0.539. The average Bonchev–Trinajstić information content (AvgIpc) is 2.91. The Kier molecular flexibility index (Phi) is 8.03. The second-order valence-corrected chi connectivity index (χ2v) is 8.81. The summed E-state index contributed by atoms with van der Waals surface area (Å²) in [5.74, 6) is -0.441. The summed E-state index contributed by atoms with van der Waals surface area (Å²) in [4.78, 5) is 31.1. The SMILES string of the molecule is CC.Cc1cccc(F)c1N1CCC(c2cc3cncnc3n(Cc3nccnc3C(F)(F)F)c2=O)CC1. The molecule has 0 amide bonds. The van der Waals surface area contributed by atoms with Crippen LogP contribution < -0.4 is 10.5 Å². The van der Waals surface area contributed by atoms with Gasteiger partial charge in [0.2, 0.25) is 0 Å². The van der Waals surface area contributed by atoms with Gasteiger partial charge in [-0.25, -0.2) is 19.3 Å². The molecule has 0 aliphatic carbocycles. The highest BCUT2D eigenvalue weighted by atomic mass is 19.4. The molecular formula is C27H28F4N6O. The maximum absolute atomic E-state index is 14.5. The predicted molar refractivity (Wildman–Crippen MR) is 137 cm³/mol. The van der Waals surface area contributed by atoms with Crippen molar-refractivity contribution in [3.05, 3.63) is 87.9 Å². The fraction of sp³-hybridized carbons (Fsp3) is 0.370. The quantitative estimate of drug-likeness (QED) is 0.325. The van der Waals surface area contributed by atoms with Crippen LogP contribution in [-0.4, -0.2) is 37.6 Å². The van der Waals surface area contributed by atoms with E-state index in [1.54, 1.807) is 12.1 Å². The Morgan fingerprint density at radius 1 is 1.05 bits per heavy atom. The Morgan fingerprint density at radius 2 is 1.76 bits per heavy atom. The number of hydrogen-bond acceptors (Lipinski definition) is 6. The maximum atomic E-state index is 14.5. The molecule has 0 unspecified atom stereocenters. The van der Waals surface area contributed by atoms with Gasteiger partial charge in [0.05, 0.1) is 17.9 Å². The van der Waals surface area contributed by atoms with E-state index in [-0.39, 0.29) is 23.1 Å². The number of aromatic nitrogens is 5. The number of aryl methyl sites for hydroxylation is 1. The number of para-hydroxylation sites is 1. The molecule has 0 bridgehead atoms. The van der Waals surface area contributed by atoms with Crippen LogP contribution in [0.1, 0.15) is 55.1 Å². The van der Waals surface area contributed by atoms with Crippen LogP contribution in [0.4, 0.5) is 23.2 Å². The highest BCUT2D eigenvalue weighted by molar-refractivity contribution is 5.74. The molecule has 0 radical (unpaired) electrons. The standard InChI is InChI=1S/C25H22F4N6O.C2H6/c1-15-3-2-4-19(26)21(15)34-9-5-16(6-10-34)18-11-17-12-30-14-33-23(17)35(24(18)36)13-20-22(25(27,28)29)32-8-7-31-20;1-2/h2-4,7-8,11-12,14,16H,5-6,9-10,13H2,1H3;1-2H3. The third-order valence-corrected chi connectivity index (χ3v) is 6.57. The van der Waals surface area contributed by atoms with Crippen LogP contribution >= 0.6 is 0 Å². The van der Waals surface area contributed by atoms with E-state index in [1.807, 2.05) is 31.7 Å². The lowest BCUT2D eigenvalue weighted by Crippen LogP contribution is -2.36. The van der Waals surface area contributed by atoms with E-state index in [4.69, 9.17) is 0 Å². The van der Waals surface area contributed by atoms with Gasteiger partial charge in [0.15, 0.2) is 5.69 Å². The number of hydrogen-bond donors (Lipinski definition) is 0. The summed E-state index contributed by atoms with van der Waals surface area (Å²) in [7, 11) is 0. The fourth-order valence-electron chi connectivity index (χ4n) is 4.89. The third kappa shape index (κ3) is 5.36. The molecule has 0 spiro atoms. The van der Waals surface area contributed by atoms with Gasteiger partial charge in [-0.1, -0.05) is 26.0 Å². The number of rotatable bonds is 4. The lowest BCUT2D eigenvalue weighted by Gasteiger charge is -2.34. The number of anilines is 1. The van der Waals surface area contributed by atoms with Crippen molar-refractivity contribution in [2.75, 3.05) is 18.0 Å². The monoisotopic (exact) mass is 528 g/mol. The second kappa shape index (κ2) is 11.2. The van der Waals surface area contributed by atoms with E-state index in [2.05, 4.69) is 19.9 Å². The molecule has 4 aromatic rings. The summed E-state index contributed by atoms with van der Waals surface area (Å²) in [5.41, 5.74) is 0.148. The first-order valence-electron chi connectivity index (χ1n) is 12.4. The number of alkyl halides is 3. The number of pyridine rings is 1. The van der Waals surface area contributed by atoms with E-state index in [1.165, 1.54) is 23.2 Å². The normalized spacial score (nSPS) is 14.3. The smallest absolute Gasteiger partial charge is 0.369 e. The average molecular weight is 529 g/mol. The fourth-order valence-corrected chi connectivity index (χ4v) is 4.89. The second-order valence-electron chi connectivity index (χ2n) is 8.81. The van der Waals surface area contributed by atoms with Crippen molar-refractivity contribution in [3.63, 3.8) is 0 Å². The summed E-state index contributed by atoms with van der Waals surface area (Å²) < 4.78 is 56.2. The number of piperidine rings is 1. The highest BCUT2D eigenvalue weighted by Crippen LogP contribution is 2.33. The van der Waals surface area contributed by atoms with Crippen molar-refractivity contribution in [1.82, 2.24) is 24.5 Å². The topological polar surface area (TPSA) is 76.8 Å². The van der Waals surface area contributed by atoms with Gasteiger partial charge in [0.1, 0.15) is 17.8 Å². The van der Waals surface area contributed by atoms with E-state index in [0.29, 0.717) is 42.6 Å². The van der Waals surface area contributed by atoms with E-state index < -0.39 is 24.0 Å². The highest BCUT2D eigenvalue weighted by Gasteiger charge is 2.36. The molecule has 0 N–H and O–H groups in total. The van der Waals surface area contributed by atoms with Crippen molar-refractivity contribution in [2.45, 2.75) is 52.3 Å². The molecule has 1 aromatic carbocycles. The van der Waals surface area contributed by atoms with E-state index >= 15 is 0 Å². The van der Waals surface area contributed by atoms with Crippen LogP contribution in [-0.2, 0) is 12.7 Å². The summed E-state index contributed by atoms with van der Waals surface area (Å²) >= 11 is 0. The van der Waals surface area contributed by atoms with Crippen molar-refractivity contribution in [3.8, 4) is 0 Å². The zero-order valence-electron chi connectivity index (χ0n) is 21.3. The van der Waals surface area contributed by atoms with Crippen LogP contribution in [0.15, 0.2) is 54.0 Å². The first-order valence-corrected chi connectivity index (χ1v) is 12.4. The van der Waals surface area contributed by atoms with Gasteiger partial charge in [-0.3, -0.25) is 14.3 Å². The molecule has 1 saturated heterocycles. The largest absolute Gasteiger partial charge is 0.435 e. The molecular weight excluding hydrogens is 500 g/mol. The number of benzene rings is 1. The van der Waals surface area contributed by atoms with Crippen LogP contribution in [0.5, 0.6) is 0 Å². The molecule has 7 nitrogen and oxygen atoms in total. The zero-order valence-corrected chi connectivity index (χ0v) is 21.3. The van der Waals surface area contributed by atoms with Crippen LogP contribution in [0, 0.1) is 12.7 Å². The Hall–Kier alpha value is -3.89. The van der Waals surface area contributed by atoms with Gasteiger partial charge in [-0.15, -0.1) is 0 Å². The van der Waals surface area contributed by atoms with Gasteiger partial charge in [-0.05, 0) is 43.4 Å². The Labute approximate surface area is 217 Å². The van der Waals surface area contributed by atoms with Crippen LogP contribution in [0.25, 0.3) is 11.0 Å². The Balaban J connectivity index is 0.00000164. The minimum Gasteiger partial charge on any atom is -0.369 e. The molecule has 11 heteroatoms. The first kappa shape index (κ1) is 27.2. The number of fused-ring (bicyclic) bond motifs is 1. The molecule has 200 valence electrons. The molecule has 38 heavy (non-hydrogen) atoms. The molecule has 0 atom stereocenters. The molecule has 4 heterocycles. The van der Waals surface area contributed by atoms with Crippen LogP contribution in [0.2, 0.25) is 0 Å². The van der Waals surface area contributed by atoms with E-state index in [0.717, 1.165) is 18.0 Å². The Bertz CT molecular complexity index is 1460. The summed E-state index contributed by atoms with van der Waals surface area (Å²) in [6.45, 7) is 6.50. The van der Waals surface area contributed by atoms with Gasteiger partial charge in [-0.2, -0.15) is 13.2 Å². The first-order chi connectivity index (χ1) is 18.2. The van der Waals surface area contributed by atoms with Crippen molar-refractivity contribution < 1.29 is 17.6 Å². The van der Waals surface area contributed by atoms with Gasteiger partial charge in [0.25, 0.3) is 5.56 Å². The maximum Gasteiger partial charge on any atom is 0.435 e.